The zero-order valence-electron chi connectivity index (χ0n) is 12.2. The van der Waals surface area contributed by atoms with E-state index in [9.17, 15) is 9.59 Å². The van der Waals surface area contributed by atoms with Crippen LogP contribution in [0.3, 0.4) is 0 Å². The average molecular weight is 318 g/mol. The number of carbonyl (C=O) groups is 2. The number of hydrogen-bond acceptors (Lipinski definition) is 2. The number of hydrogen-bond donors (Lipinski definition) is 0. The number of anilines is 1. The highest BCUT2D eigenvalue weighted by Crippen LogP contribution is 2.22. The van der Waals surface area contributed by atoms with Crippen molar-refractivity contribution >= 4 is 29.1 Å². The van der Waals surface area contributed by atoms with E-state index in [1.807, 2.05) is 31.4 Å². The standard InChI is InChI=1S/C16H16ClN3O2/c1-18-7-3-6-14(18)16(22)19-8-9-20(15(21)11-19)13-5-2-4-12(17)10-13/h2-7,10H,8-9,11H2,1H3. The van der Waals surface area contributed by atoms with Gasteiger partial charge in [-0.25, -0.2) is 0 Å². The quantitative estimate of drug-likeness (QED) is 0.852. The van der Waals surface area contributed by atoms with Crippen LogP contribution >= 0.6 is 11.6 Å². The summed E-state index contributed by atoms with van der Waals surface area (Å²) in [4.78, 5) is 28.0. The van der Waals surface area contributed by atoms with Gasteiger partial charge in [-0.1, -0.05) is 17.7 Å². The molecule has 2 amide bonds. The lowest BCUT2D eigenvalue weighted by atomic mass is 10.2. The first kappa shape index (κ1) is 14.7. The Hall–Kier alpha value is -2.27. The molecule has 2 heterocycles. The zero-order valence-corrected chi connectivity index (χ0v) is 13.0. The number of halogens is 1. The van der Waals surface area contributed by atoms with Gasteiger partial charge in [-0.15, -0.1) is 0 Å². The first-order valence-electron chi connectivity index (χ1n) is 7.03. The Morgan fingerprint density at radius 1 is 1.18 bits per heavy atom. The Balaban J connectivity index is 1.74. The van der Waals surface area contributed by atoms with Gasteiger partial charge in [0, 0.05) is 37.0 Å². The van der Waals surface area contributed by atoms with Gasteiger partial charge in [0.15, 0.2) is 0 Å². The van der Waals surface area contributed by atoms with Crippen LogP contribution in [-0.2, 0) is 11.8 Å². The lowest BCUT2D eigenvalue weighted by Crippen LogP contribution is -2.52. The summed E-state index contributed by atoms with van der Waals surface area (Å²) in [6, 6.07) is 10.8. The maximum atomic E-state index is 12.4. The molecule has 0 bridgehead atoms. The topological polar surface area (TPSA) is 45.6 Å². The van der Waals surface area contributed by atoms with Crippen molar-refractivity contribution in [3.05, 3.63) is 53.3 Å². The Labute approximate surface area is 133 Å². The first-order valence-corrected chi connectivity index (χ1v) is 7.40. The summed E-state index contributed by atoms with van der Waals surface area (Å²) in [6.45, 7) is 1.05. The first-order chi connectivity index (χ1) is 10.6. The van der Waals surface area contributed by atoms with Crippen LogP contribution in [0.25, 0.3) is 0 Å². The predicted molar refractivity (Wildman–Crippen MR) is 85.1 cm³/mol. The molecule has 5 nitrogen and oxygen atoms in total. The molecule has 1 fully saturated rings. The van der Waals surface area contributed by atoms with Crippen LogP contribution in [-0.4, -0.2) is 40.9 Å². The van der Waals surface area contributed by atoms with Crippen molar-refractivity contribution in [3.8, 4) is 0 Å². The van der Waals surface area contributed by atoms with E-state index in [0.29, 0.717) is 23.8 Å². The van der Waals surface area contributed by atoms with E-state index in [-0.39, 0.29) is 18.4 Å². The smallest absolute Gasteiger partial charge is 0.270 e. The molecule has 1 saturated heterocycles. The second-order valence-electron chi connectivity index (χ2n) is 5.26. The van der Waals surface area contributed by atoms with Crippen LogP contribution in [0.2, 0.25) is 5.02 Å². The third-order valence-corrected chi connectivity index (χ3v) is 4.03. The number of carbonyl (C=O) groups excluding carboxylic acids is 2. The highest BCUT2D eigenvalue weighted by molar-refractivity contribution is 6.30. The van der Waals surface area contributed by atoms with Crippen molar-refractivity contribution < 1.29 is 9.59 Å². The van der Waals surface area contributed by atoms with Gasteiger partial charge in [0.1, 0.15) is 12.2 Å². The number of benzene rings is 1. The lowest BCUT2D eigenvalue weighted by molar-refractivity contribution is -0.120. The molecule has 1 aromatic heterocycles. The highest BCUT2D eigenvalue weighted by atomic mass is 35.5. The third-order valence-electron chi connectivity index (χ3n) is 3.79. The van der Waals surface area contributed by atoms with Gasteiger partial charge in [-0.3, -0.25) is 9.59 Å². The minimum absolute atomic E-state index is 0.0799. The molecule has 0 N–H and O–H groups in total. The number of rotatable bonds is 2. The normalized spacial score (nSPS) is 15.3. The maximum Gasteiger partial charge on any atom is 0.270 e. The fraction of sp³-hybridized carbons (Fsp3) is 0.250. The number of nitrogens with zero attached hydrogens (tertiary/aromatic N) is 3. The number of amides is 2. The molecular weight excluding hydrogens is 302 g/mol. The van der Waals surface area contributed by atoms with Crippen molar-refractivity contribution in [3.63, 3.8) is 0 Å². The van der Waals surface area contributed by atoms with Gasteiger partial charge in [0.05, 0.1) is 0 Å². The number of aryl methyl sites for hydroxylation is 1. The van der Waals surface area contributed by atoms with E-state index in [1.165, 1.54) is 0 Å². The summed E-state index contributed by atoms with van der Waals surface area (Å²) in [5, 5.41) is 0.590. The average Bonchev–Trinajstić information content (AvgIpc) is 2.92. The van der Waals surface area contributed by atoms with Crippen LogP contribution in [0.1, 0.15) is 10.5 Å². The lowest BCUT2D eigenvalue weighted by Gasteiger charge is -2.34. The van der Waals surface area contributed by atoms with E-state index >= 15 is 0 Å². The summed E-state index contributed by atoms with van der Waals surface area (Å²) < 4.78 is 1.76. The summed E-state index contributed by atoms with van der Waals surface area (Å²) in [5.41, 5.74) is 1.35. The molecule has 0 saturated carbocycles. The molecule has 114 valence electrons. The van der Waals surface area contributed by atoms with E-state index in [0.717, 1.165) is 5.69 Å². The van der Waals surface area contributed by atoms with Gasteiger partial charge in [0.25, 0.3) is 5.91 Å². The molecule has 22 heavy (non-hydrogen) atoms. The summed E-state index contributed by atoms with van der Waals surface area (Å²) >= 11 is 5.97. The SMILES string of the molecule is Cn1cccc1C(=O)N1CCN(c2cccc(Cl)c2)C(=O)C1. The summed E-state index contributed by atoms with van der Waals surface area (Å²) in [5.74, 6) is -0.220. The van der Waals surface area contributed by atoms with E-state index < -0.39 is 0 Å². The molecular formula is C16H16ClN3O2. The van der Waals surface area contributed by atoms with Crippen molar-refractivity contribution in [2.24, 2.45) is 7.05 Å². The van der Waals surface area contributed by atoms with Crippen molar-refractivity contribution in [1.82, 2.24) is 9.47 Å². The van der Waals surface area contributed by atoms with E-state index in [1.54, 1.807) is 32.6 Å². The molecule has 0 radical (unpaired) electrons. The van der Waals surface area contributed by atoms with Crippen molar-refractivity contribution in [2.45, 2.75) is 0 Å². The molecule has 3 rings (SSSR count). The van der Waals surface area contributed by atoms with Gasteiger partial charge in [-0.2, -0.15) is 0 Å². The van der Waals surface area contributed by atoms with Crippen LogP contribution in [0.15, 0.2) is 42.6 Å². The minimum atomic E-state index is -0.119. The molecule has 2 aromatic rings. The second kappa shape index (κ2) is 5.85. The van der Waals surface area contributed by atoms with Gasteiger partial charge < -0.3 is 14.4 Å². The fourth-order valence-electron chi connectivity index (χ4n) is 2.61. The molecule has 1 aliphatic rings. The van der Waals surface area contributed by atoms with E-state index in [2.05, 4.69) is 0 Å². The summed E-state index contributed by atoms with van der Waals surface area (Å²) in [7, 11) is 1.82. The number of aromatic nitrogens is 1. The molecule has 0 aliphatic carbocycles. The minimum Gasteiger partial charge on any atom is -0.347 e. The molecule has 1 aromatic carbocycles. The molecule has 6 heteroatoms. The zero-order chi connectivity index (χ0) is 15.7. The Bertz CT molecular complexity index is 726. The third kappa shape index (κ3) is 2.72. The monoisotopic (exact) mass is 317 g/mol. The largest absolute Gasteiger partial charge is 0.347 e. The van der Waals surface area contributed by atoms with Crippen LogP contribution in [0.5, 0.6) is 0 Å². The van der Waals surface area contributed by atoms with Crippen LogP contribution < -0.4 is 4.90 Å². The van der Waals surface area contributed by atoms with Gasteiger partial charge in [-0.05, 0) is 30.3 Å². The highest BCUT2D eigenvalue weighted by Gasteiger charge is 2.29. The van der Waals surface area contributed by atoms with E-state index in [4.69, 9.17) is 11.6 Å². The van der Waals surface area contributed by atoms with Gasteiger partial charge >= 0.3 is 0 Å². The Morgan fingerprint density at radius 3 is 2.64 bits per heavy atom. The van der Waals surface area contributed by atoms with Crippen molar-refractivity contribution in [1.29, 1.82) is 0 Å². The Kier molecular flexibility index (Phi) is 3.90. The second-order valence-corrected chi connectivity index (χ2v) is 5.69. The molecule has 1 aliphatic heterocycles. The maximum absolute atomic E-state index is 12.4. The van der Waals surface area contributed by atoms with Crippen molar-refractivity contribution in [2.75, 3.05) is 24.5 Å². The fourth-order valence-corrected chi connectivity index (χ4v) is 2.79. The predicted octanol–water partition coefficient (Wildman–Crippen LogP) is 2.17. The van der Waals surface area contributed by atoms with Gasteiger partial charge in [0.2, 0.25) is 5.91 Å². The van der Waals surface area contributed by atoms with Crippen LogP contribution in [0, 0.1) is 0 Å². The molecule has 0 unspecified atom stereocenters. The van der Waals surface area contributed by atoms with Crippen LogP contribution in [0.4, 0.5) is 5.69 Å². The molecule has 0 atom stereocenters. The number of piperazine rings is 1. The molecule has 0 spiro atoms. The Morgan fingerprint density at radius 2 is 2.00 bits per heavy atom. The summed E-state index contributed by atoms with van der Waals surface area (Å²) in [6.07, 6.45) is 1.82.